The number of sulfone groups is 1. The third kappa shape index (κ3) is 17.3. The zero-order valence-electron chi connectivity index (χ0n) is 30.1. The molecule has 0 radical (unpaired) electrons. The lowest BCUT2D eigenvalue weighted by Gasteiger charge is -2.15. The minimum Gasteiger partial charge on any atom is -0.391 e. The first kappa shape index (κ1) is 42.3. The predicted octanol–water partition coefficient (Wildman–Crippen LogP) is 7.75. The van der Waals surface area contributed by atoms with Gasteiger partial charge in [-0.3, -0.25) is 0 Å². The number of aliphatic hydroxyl groups is 2. The Balaban J connectivity index is 0.000000233. The summed E-state index contributed by atoms with van der Waals surface area (Å²) in [7, 11) is -3.36. The molecule has 0 saturated carbocycles. The molecule has 0 spiro atoms. The highest BCUT2D eigenvalue weighted by molar-refractivity contribution is 7.91. The van der Waals surface area contributed by atoms with Crippen LogP contribution in [0.1, 0.15) is 46.6 Å². The first-order chi connectivity index (χ1) is 25.7. The summed E-state index contributed by atoms with van der Waals surface area (Å²) < 4.78 is 35.3. The van der Waals surface area contributed by atoms with Crippen LogP contribution in [0, 0.1) is 29.6 Å². The maximum absolute atomic E-state index is 12.2. The molecule has 0 fully saturated rings. The smallest absolute Gasteiger partial charge is 0.178 e. The molecule has 53 heavy (non-hydrogen) atoms. The number of hydrogen-bond donors (Lipinski definition) is 2. The molecule has 276 valence electrons. The van der Waals surface area contributed by atoms with Crippen molar-refractivity contribution >= 4 is 9.84 Å². The lowest BCUT2D eigenvalue weighted by molar-refractivity contribution is 0.0232. The van der Waals surface area contributed by atoms with Gasteiger partial charge in [0, 0.05) is 0 Å². The molecule has 5 aromatic carbocycles. The Bertz CT molecular complexity index is 1900. The van der Waals surface area contributed by atoms with Gasteiger partial charge in [0.15, 0.2) is 9.84 Å². The van der Waals surface area contributed by atoms with Crippen LogP contribution >= 0.6 is 0 Å². The zero-order chi connectivity index (χ0) is 38.2. The zero-order valence-corrected chi connectivity index (χ0v) is 30.9. The lowest BCUT2D eigenvalue weighted by atomic mass is 9.95. The minimum atomic E-state index is -3.36. The number of nitriles is 2. The van der Waals surface area contributed by atoms with Crippen molar-refractivity contribution in [2.24, 2.45) is 0 Å². The molecule has 9 heteroatoms. The van der Waals surface area contributed by atoms with Crippen LogP contribution in [0.4, 0.5) is 0 Å². The summed E-state index contributed by atoms with van der Waals surface area (Å²) in [6, 6.07) is 49.8. The fraction of sp³-hybridized carbons (Fsp3) is 0.273. The molecule has 5 aromatic rings. The quantitative estimate of drug-likeness (QED) is 0.105. The topological polar surface area (TPSA) is 141 Å². The van der Waals surface area contributed by atoms with Crippen molar-refractivity contribution in [3.63, 3.8) is 0 Å². The van der Waals surface area contributed by atoms with Crippen LogP contribution in [0.2, 0.25) is 0 Å². The highest BCUT2D eigenvalue weighted by atomic mass is 32.2. The SMILES string of the molecule is Cc1ccc(S(=O)(=O)CC[C@@H](O)COCc2ccccc2)cc1.N#CC(C[C@@H](O)COCc1ccccc1)c1ccccc1.N#CCc1ccccc1. The van der Waals surface area contributed by atoms with Crippen molar-refractivity contribution < 1.29 is 28.1 Å². The summed E-state index contributed by atoms with van der Waals surface area (Å²) >= 11 is 0. The Morgan fingerprint density at radius 1 is 0.623 bits per heavy atom. The van der Waals surface area contributed by atoms with Gasteiger partial charge in [0.2, 0.25) is 0 Å². The van der Waals surface area contributed by atoms with Gasteiger partial charge >= 0.3 is 0 Å². The number of benzene rings is 5. The van der Waals surface area contributed by atoms with Crippen molar-refractivity contribution in [2.45, 2.75) is 62.4 Å². The maximum Gasteiger partial charge on any atom is 0.178 e. The predicted molar refractivity (Wildman–Crippen MR) is 207 cm³/mol. The first-order valence-electron chi connectivity index (χ1n) is 17.4. The molecule has 8 nitrogen and oxygen atoms in total. The van der Waals surface area contributed by atoms with Crippen molar-refractivity contribution in [2.75, 3.05) is 19.0 Å². The maximum atomic E-state index is 12.2. The molecule has 5 rings (SSSR count). The second-order valence-electron chi connectivity index (χ2n) is 12.4. The van der Waals surface area contributed by atoms with Gasteiger partial charge in [-0.05, 0) is 54.2 Å². The van der Waals surface area contributed by atoms with Crippen molar-refractivity contribution in [3.05, 3.63) is 173 Å². The van der Waals surface area contributed by atoms with Gasteiger partial charge in [0.1, 0.15) is 0 Å². The number of nitrogens with zero attached hydrogens (tertiary/aromatic N) is 2. The second kappa shape index (κ2) is 24.2. The van der Waals surface area contributed by atoms with Crippen molar-refractivity contribution in [3.8, 4) is 12.1 Å². The Morgan fingerprint density at radius 2 is 1.08 bits per heavy atom. The third-order valence-electron chi connectivity index (χ3n) is 7.94. The van der Waals surface area contributed by atoms with Gasteiger partial charge in [-0.15, -0.1) is 0 Å². The largest absolute Gasteiger partial charge is 0.391 e. The number of rotatable bonds is 16. The Kier molecular flexibility index (Phi) is 19.3. The number of hydrogen-bond acceptors (Lipinski definition) is 8. The molecule has 1 unspecified atom stereocenters. The molecule has 0 bridgehead atoms. The summed E-state index contributed by atoms with van der Waals surface area (Å²) in [6.07, 6.45) is -0.376. The molecule has 2 N–H and O–H groups in total. The van der Waals surface area contributed by atoms with Gasteiger partial charge in [-0.1, -0.05) is 139 Å². The molecule has 0 aromatic heterocycles. The molecule has 0 saturated heterocycles. The molecular weight excluding hydrogens is 685 g/mol. The fourth-order valence-corrected chi connectivity index (χ4v) is 6.36. The second-order valence-corrected chi connectivity index (χ2v) is 14.5. The van der Waals surface area contributed by atoms with E-state index in [0.717, 1.165) is 27.8 Å². The van der Waals surface area contributed by atoms with Gasteiger partial charge in [-0.25, -0.2) is 8.42 Å². The van der Waals surface area contributed by atoms with E-state index in [9.17, 15) is 23.9 Å². The highest BCUT2D eigenvalue weighted by Gasteiger charge is 2.17. The van der Waals surface area contributed by atoms with Crippen molar-refractivity contribution in [1.29, 1.82) is 10.5 Å². The monoisotopic (exact) mass is 732 g/mol. The van der Waals surface area contributed by atoms with E-state index in [-0.39, 0.29) is 31.3 Å². The average Bonchev–Trinajstić information content (AvgIpc) is 3.19. The van der Waals surface area contributed by atoms with Crippen LogP contribution in [-0.4, -0.2) is 49.8 Å². The van der Waals surface area contributed by atoms with Crippen LogP contribution < -0.4 is 0 Å². The molecule has 0 aliphatic carbocycles. The van der Waals surface area contributed by atoms with Crippen molar-refractivity contribution in [1.82, 2.24) is 0 Å². The fourth-order valence-electron chi connectivity index (χ4n) is 4.99. The number of aryl methyl sites for hydroxylation is 1. The molecule has 0 aliphatic heterocycles. The normalized spacial score (nSPS) is 12.3. The summed E-state index contributed by atoms with van der Waals surface area (Å²) in [4.78, 5) is 0.292. The van der Waals surface area contributed by atoms with Crippen LogP contribution in [-0.2, 0) is 38.9 Å². The molecule has 0 amide bonds. The van der Waals surface area contributed by atoms with Crippen LogP contribution in [0.5, 0.6) is 0 Å². The van der Waals surface area contributed by atoms with E-state index in [1.165, 1.54) is 0 Å². The van der Waals surface area contributed by atoms with E-state index in [4.69, 9.17) is 14.7 Å². The van der Waals surface area contributed by atoms with Crippen LogP contribution in [0.25, 0.3) is 0 Å². The van der Waals surface area contributed by atoms with E-state index in [2.05, 4.69) is 12.1 Å². The lowest BCUT2D eigenvalue weighted by Crippen LogP contribution is -2.20. The first-order valence-corrected chi connectivity index (χ1v) is 19.1. The number of ether oxygens (including phenoxy) is 2. The summed E-state index contributed by atoms with van der Waals surface area (Å²) in [5.41, 5.74) is 5.12. The summed E-state index contributed by atoms with van der Waals surface area (Å²) in [6.45, 7) is 3.14. The molecule has 0 heterocycles. The van der Waals surface area contributed by atoms with Gasteiger partial charge < -0.3 is 19.7 Å². The molecule has 3 atom stereocenters. The average molecular weight is 733 g/mol. The van der Waals surface area contributed by atoms with E-state index in [1.807, 2.05) is 128 Å². The van der Waals surface area contributed by atoms with Crippen LogP contribution in [0.15, 0.2) is 150 Å². The Morgan fingerprint density at radius 3 is 1.55 bits per heavy atom. The van der Waals surface area contributed by atoms with E-state index < -0.39 is 22.0 Å². The van der Waals surface area contributed by atoms with Crippen LogP contribution in [0.3, 0.4) is 0 Å². The van der Waals surface area contributed by atoms with E-state index in [0.29, 0.717) is 31.0 Å². The van der Waals surface area contributed by atoms with E-state index >= 15 is 0 Å². The Labute approximate surface area is 314 Å². The minimum absolute atomic E-state index is 0.0913. The highest BCUT2D eigenvalue weighted by Crippen LogP contribution is 2.20. The third-order valence-corrected chi connectivity index (χ3v) is 9.70. The van der Waals surface area contributed by atoms with E-state index in [1.54, 1.807) is 24.3 Å². The Hall–Kier alpha value is -5.13. The molecular formula is C44H48N2O6S. The number of aliphatic hydroxyl groups excluding tert-OH is 2. The summed E-state index contributed by atoms with van der Waals surface area (Å²) in [5.74, 6) is -0.395. The standard InChI is InChI=1S/C18H19NO2.C18H22O4S.C8H7N/c19-12-17(16-9-5-2-6-10-16)11-18(20)14-21-13-15-7-3-1-4-8-15;1-15-7-9-18(10-8-15)23(20,21)12-11-17(19)14-22-13-16-5-3-2-4-6-16;9-7-6-8-4-2-1-3-5-8/h1-10,17-18,20H,11,13-14H2;2-10,17,19H,11-14H2,1H3;1-5H,6H2/t17?,18-;17-;/m11./s1. The van der Waals surface area contributed by atoms with Gasteiger partial charge in [-0.2, -0.15) is 10.5 Å². The van der Waals surface area contributed by atoms with Gasteiger partial charge in [0.05, 0.1) is 73.8 Å². The van der Waals surface area contributed by atoms with Gasteiger partial charge in [0.25, 0.3) is 0 Å². The molecule has 0 aliphatic rings. The summed E-state index contributed by atoms with van der Waals surface area (Å²) in [5, 5.41) is 37.4.